The van der Waals surface area contributed by atoms with Gasteiger partial charge < -0.3 is 0 Å². The van der Waals surface area contributed by atoms with Crippen molar-refractivity contribution < 1.29 is 13.2 Å². The van der Waals surface area contributed by atoms with Gasteiger partial charge in [0.15, 0.2) is 0 Å². The van der Waals surface area contributed by atoms with Crippen LogP contribution in [0.1, 0.15) is 11.1 Å². The van der Waals surface area contributed by atoms with Crippen molar-refractivity contribution in [3.8, 4) is 11.3 Å². The first kappa shape index (κ1) is 21.0. The van der Waals surface area contributed by atoms with Gasteiger partial charge in [-0.05, 0) is 42.0 Å². The minimum atomic E-state index is -4.44. The highest BCUT2D eigenvalue weighted by Gasteiger charge is 2.30. The number of pyridine rings is 1. The third-order valence-corrected chi connectivity index (χ3v) is 5.40. The fraction of sp³-hybridized carbons (Fsp3) is 0.0455. The van der Waals surface area contributed by atoms with Crippen LogP contribution in [0, 0.1) is 0 Å². The van der Waals surface area contributed by atoms with Crippen LogP contribution in [0.15, 0.2) is 88.5 Å². The van der Waals surface area contributed by atoms with Crippen LogP contribution in [0.25, 0.3) is 11.3 Å². The summed E-state index contributed by atoms with van der Waals surface area (Å²) in [5.41, 5.74) is 1.44. The molecule has 0 atom stereocenters. The monoisotopic (exact) mass is 458 g/mol. The largest absolute Gasteiger partial charge is 0.416 e. The van der Waals surface area contributed by atoms with Gasteiger partial charge in [0, 0.05) is 23.3 Å². The van der Waals surface area contributed by atoms with Crippen LogP contribution in [0.3, 0.4) is 0 Å². The number of rotatable bonds is 4. The molecular weight excluding hydrogens is 445 g/mol. The van der Waals surface area contributed by atoms with Crippen LogP contribution in [-0.4, -0.2) is 15.9 Å². The quantitative estimate of drug-likeness (QED) is 0.326. The Labute approximate surface area is 184 Å². The number of hydrogen-bond donors (Lipinski definition) is 0. The molecule has 0 aliphatic rings. The summed E-state index contributed by atoms with van der Waals surface area (Å²) < 4.78 is 41.2. The summed E-state index contributed by atoms with van der Waals surface area (Å²) in [6.07, 6.45) is 0.407. The van der Waals surface area contributed by atoms with E-state index >= 15 is 0 Å². The molecule has 0 unspecified atom stereocenters. The summed E-state index contributed by atoms with van der Waals surface area (Å²) in [7, 11) is 0. The second-order valence-electron chi connectivity index (χ2n) is 6.38. The number of thiazole rings is 1. The minimum absolute atomic E-state index is 0.374. The van der Waals surface area contributed by atoms with Gasteiger partial charge in [-0.3, -0.25) is 4.98 Å². The van der Waals surface area contributed by atoms with E-state index in [1.54, 1.807) is 66.5 Å². The van der Waals surface area contributed by atoms with Gasteiger partial charge in [-0.1, -0.05) is 35.9 Å². The lowest BCUT2D eigenvalue weighted by Crippen LogP contribution is -2.12. The van der Waals surface area contributed by atoms with E-state index in [1.165, 1.54) is 22.1 Å². The Bertz CT molecular complexity index is 1290. The Morgan fingerprint density at radius 2 is 1.77 bits per heavy atom. The van der Waals surface area contributed by atoms with E-state index in [4.69, 9.17) is 11.6 Å². The molecule has 0 spiro atoms. The average Bonchev–Trinajstić information content (AvgIpc) is 3.16. The van der Waals surface area contributed by atoms with Gasteiger partial charge in [0.25, 0.3) is 0 Å². The van der Waals surface area contributed by atoms with Crippen LogP contribution in [0.5, 0.6) is 0 Å². The predicted octanol–water partition coefficient (Wildman–Crippen LogP) is 6.40. The van der Waals surface area contributed by atoms with Crippen molar-refractivity contribution in [3.63, 3.8) is 0 Å². The molecule has 0 N–H and O–H groups in total. The highest BCUT2D eigenvalue weighted by atomic mass is 35.5. The molecule has 0 aliphatic carbocycles. The molecule has 2 aromatic carbocycles. The van der Waals surface area contributed by atoms with Gasteiger partial charge in [-0.25, -0.2) is 9.67 Å². The Morgan fingerprint density at radius 1 is 1.00 bits per heavy atom. The average molecular weight is 459 g/mol. The highest BCUT2D eigenvalue weighted by Crippen LogP contribution is 2.32. The molecule has 0 saturated heterocycles. The molecule has 2 heterocycles. The molecule has 0 aliphatic heterocycles. The molecule has 0 bridgehead atoms. The maximum atomic E-state index is 13.2. The number of halogens is 4. The number of para-hydroxylation sites is 1. The van der Waals surface area contributed by atoms with E-state index in [9.17, 15) is 13.2 Å². The van der Waals surface area contributed by atoms with Crippen molar-refractivity contribution in [2.45, 2.75) is 6.18 Å². The van der Waals surface area contributed by atoms with Crippen molar-refractivity contribution in [1.29, 1.82) is 0 Å². The Hall–Kier alpha value is -3.23. The molecule has 31 heavy (non-hydrogen) atoms. The molecule has 2 aromatic heterocycles. The summed E-state index contributed by atoms with van der Waals surface area (Å²) in [4.78, 5) is 9.00. The molecular formula is C22H14ClF3N4S. The summed E-state index contributed by atoms with van der Waals surface area (Å²) in [5, 5.41) is 6.66. The van der Waals surface area contributed by atoms with Crippen molar-refractivity contribution in [2.75, 3.05) is 0 Å². The van der Waals surface area contributed by atoms with Gasteiger partial charge in [0.05, 0.1) is 28.2 Å². The summed E-state index contributed by atoms with van der Waals surface area (Å²) >= 11 is 7.48. The van der Waals surface area contributed by atoms with E-state index in [1.807, 2.05) is 0 Å². The maximum Gasteiger partial charge on any atom is 0.416 e. The number of benzene rings is 2. The SMILES string of the molecule is FC(F)(F)c1cccc(-c2csc(=Nc3ccccc3Cl)n2/N=C/c2ccncc2)c1. The molecule has 4 rings (SSSR count). The lowest BCUT2D eigenvalue weighted by molar-refractivity contribution is -0.137. The number of alkyl halides is 3. The van der Waals surface area contributed by atoms with Crippen molar-refractivity contribution >= 4 is 34.8 Å². The molecule has 0 radical (unpaired) electrons. The fourth-order valence-corrected chi connectivity index (χ4v) is 3.79. The lowest BCUT2D eigenvalue weighted by Gasteiger charge is -2.09. The molecule has 0 amide bonds. The van der Waals surface area contributed by atoms with E-state index in [2.05, 4.69) is 15.1 Å². The minimum Gasteiger partial charge on any atom is -0.265 e. The van der Waals surface area contributed by atoms with Crippen LogP contribution in [-0.2, 0) is 6.18 Å². The number of aromatic nitrogens is 2. The van der Waals surface area contributed by atoms with E-state index in [0.717, 1.165) is 17.7 Å². The highest BCUT2D eigenvalue weighted by molar-refractivity contribution is 7.07. The van der Waals surface area contributed by atoms with Gasteiger partial charge in [0.2, 0.25) is 4.80 Å². The van der Waals surface area contributed by atoms with Crippen molar-refractivity contribution in [1.82, 2.24) is 9.66 Å². The summed E-state index contributed by atoms with van der Waals surface area (Å²) in [5.74, 6) is 0. The van der Waals surface area contributed by atoms with Crippen LogP contribution in [0.4, 0.5) is 18.9 Å². The molecule has 4 aromatic rings. The maximum absolute atomic E-state index is 13.2. The smallest absolute Gasteiger partial charge is 0.265 e. The predicted molar refractivity (Wildman–Crippen MR) is 117 cm³/mol. The Kier molecular flexibility index (Phi) is 6.01. The number of nitrogens with zero attached hydrogens (tertiary/aromatic N) is 4. The topological polar surface area (TPSA) is 42.5 Å². The molecule has 0 saturated carbocycles. The molecule has 156 valence electrons. The van der Waals surface area contributed by atoms with E-state index < -0.39 is 11.7 Å². The normalized spacial score (nSPS) is 12.6. The van der Waals surface area contributed by atoms with Gasteiger partial charge in [-0.15, -0.1) is 11.3 Å². The summed E-state index contributed by atoms with van der Waals surface area (Å²) in [6, 6.07) is 15.7. The third-order valence-electron chi connectivity index (χ3n) is 4.27. The molecule has 0 fully saturated rings. The number of hydrogen-bond acceptors (Lipinski definition) is 4. The molecule has 4 nitrogen and oxygen atoms in total. The standard InChI is InChI=1S/C22H14ClF3N4S/c23-18-6-1-2-7-19(18)29-21-30(28-13-15-8-10-27-11-9-15)20(14-31-21)16-4-3-5-17(12-16)22(24,25)26/h1-14H/b28-13+,29-21?. The molecule has 9 heteroatoms. The first-order valence-electron chi connectivity index (χ1n) is 9.03. The van der Waals surface area contributed by atoms with Crippen molar-refractivity contribution in [3.05, 3.63) is 99.4 Å². The van der Waals surface area contributed by atoms with Crippen LogP contribution >= 0.6 is 22.9 Å². The van der Waals surface area contributed by atoms with E-state index in [0.29, 0.717) is 26.8 Å². The van der Waals surface area contributed by atoms with Gasteiger partial charge >= 0.3 is 6.18 Å². The Balaban J connectivity index is 1.88. The first-order valence-corrected chi connectivity index (χ1v) is 10.3. The first-order chi connectivity index (χ1) is 14.9. The lowest BCUT2D eigenvalue weighted by atomic mass is 10.1. The second kappa shape index (κ2) is 8.87. The zero-order valence-corrected chi connectivity index (χ0v) is 17.4. The van der Waals surface area contributed by atoms with Crippen molar-refractivity contribution in [2.24, 2.45) is 10.1 Å². The fourth-order valence-electron chi connectivity index (χ4n) is 2.76. The second-order valence-corrected chi connectivity index (χ2v) is 7.63. The van der Waals surface area contributed by atoms with Gasteiger partial charge in [0.1, 0.15) is 0 Å². The van der Waals surface area contributed by atoms with Gasteiger partial charge in [-0.2, -0.15) is 18.3 Å². The zero-order chi connectivity index (χ0) is 21.8. The van der Waals surface area contributed by atoms with Crippen LogP contribution in [0.2, 0.25) is 5.02 Å². The summed E-state index contributed by atoms with van der Waals surface area (Å²) in [6.45, 7) is 0. The zero-order valence-electron chi connectivity index (χ0n) is 15.8. The third kappa shape index (κ3) is 4.92. The van der Waals surface area contributed by atoms with Crippen LogP contribution < -0.4 is 4.80 Å². The van der Waals surface area contributed by atoms with E-state index in [-0.39, 0.29) is 0 Å². The Morgan fingerprint density at radius 3 is 2.52 bits per heavy atom.